The first-order valence-corrected chi connectivity index (χ1v) is 13.7. The smallest absolute Gasteiger partial charge is 0.320 e. The summed E-state index contributed by atoms with van der Waals surface area (Å²) in [6.07, 6.45) is 8.00. The van der Waals surface area contributed by atoms with E-state index < -0.39 is 0 Å². The molecule has 6 rings (SSSR count). The number of carbonyl (C=O) groups excluding carboxylic acids is 1. The van der Waals surface area contributed by atoms with Crippen molar-refractivity contribution in [2.75, 3.05) is 50.9 Å². The summed E-state index contributed by atoms with van der Waals surface area (Å²) in [6.45, 7) is 3.56. The van der Waals surface area contributed by atoms with E-state index >= 15 is 0 Å². The quantitative estimate of drug-likeness (QED) is 0.509. The van der Waals surface area contributed by atoms with Crippen molar-refractivity contribution in [1.82, 2.24) is 24.7 Å². The monoisotopic (exact) mass is 503 g/mol. The Hall–Kier alpha value is -3.17. The van der Waals surface area contributed by atoms with Gasteiger partial charge < -0.3 is 25.3 Å². The predicted octanol–water partition coefficient (Wildman–Crippen LogP) is 4.55. The lowest BCUT2D eigenvalue weighted by Crippen LogP contribution is -2.50. The van der Waals surface area contributed by atoms with Gasteiger partial charge in [-0.3, -0.25) is 0 Å². The van der Waals surface area contributed by atoms with Crippen LogP contribution in [0.5, 0.6) is 0 Å². The summed E-state index contributed by atoms with van der Waals surface area (Å²) in [6, 6.07) is 9.06. The van der Waals surface area contributed by atoms with Gasteiger partial charge in [-0.1, -0.05) is 6.08 Å². The average Bonchev–Trinajstić information content (AvgIpc) is 3.56. The molecule has 2 aromatic heterocycles. The number of hydrogen-bond donors (Lipinski definition) is 2. The first kappa shape index (κ1) is 23.2. The number of fused-ring (bicyclic) bond motifs is 2. The van der Waals surface area contributed by atoms with Crippen LogP contribution in [0.25, 0.3) is 10.2 Å². The van der Waals surface area contributed by atoms with Gasteiger partial charge in [0.05, 0.1) is 21.8 Å². The maximum absolute atomic E-state index is 13.1. The molecule has 1 aromatic carbocycles. The van der Waals surface area contributed by atoms with E-state index in [1.54, 1.807) is 11.3 Å². The fourth-order valence-corrected chi connectivity index (χ4v) is 6.33. The third-order valence-corrected chi connectivity index (χ3v) is 8.68. The first-order valence-electron chi connectivity index (χ1n) is 12.8. The molecule has 0 radical (unpaired) electrons. The van der Waals surface area contributed by atoms with Crippen molar-refractivity contribution in [1.29, 1.82) is 0 Å². The van der Waals surface area contributed by atoms with Crippen molar-refractivity contribution in [3.8, 4) is 0 Å². The van der Waals surface area contributed by atoms with Gasteiger partial charge in [-0.15, -0.1) is 11.3 Å². The molecule has 1 fully saturated rings. The standard InChI is InChI=1S/C27H33N7OS/c1-32-11-8-20(9-12-32)33(2)27(35)34-13-6-18(7-14-34)24-16-21-22(5-10-28-26(21)31-24)30-19-3-4-23-25(15-19)36-17-29-23/h3-6,10,15,17,20,24H,7-9,11-14,16H2,1-2H3,(H2,28,30,31). The highest BCUT2D eigenvalue weighted by atomic mass is 32.1. The number of hydrogen-bond acceptors (Lipinski definition) is 7. The number of thiazole rings is 1. The number of urea groups is 1. The molecule has 0 bridgehead atoms. The molecule has 3 aliphatic heterocycles. The highest BCUT2D eigenvalue weighted by molar-refractivity contribution is 7.16. The van der Waals surface area contributed by atoms with Crippen molar-refractivity contribution >= 4 is 44.8 Å². The second-order valence-electron chi connectivity index (χ2n) is 10.1. The number of benzene rings is 1. The van der Waals surface area contributed by atoms with Crippen LogP contribution >= 0.6 is 11.3 Å². The fraction of sp³-hybridized carbons (Fsp3) is 0.444. The summed E-state index contributed by atoms with van der Waals surface area (Å²) in [7, 11) is 4.13. The number of amides is 2. The van der Waals surface area contributed by atoms with E-state index in [0.717, 1.165) is 68.0 Å². The Balaban J connectivity index is 1.10. The molecular weight excluding hydrogens is 470 g/mol. The molecule has 1 unspecified atom stereocenters. The lowest BCUT2D eigenvalue weighted by Gasteiger charge is -2.38. The number of rotatable bonds is 4. The van der Waals surface area contributed by atoms with Crippen LogP contribution in [0.4, 0.5) is 22.0 Å². The van der Waals surface area contributed by atoms with Crippen LogP contribution in [-0.4, -0.2) is 83.1 Å². The maximum Gasteiger partial charge on any atom is 0.320 e. The number of aromatic nitrogens is 2. The van der Waals surface area contributed by atoms with E-state index in [1.807, 2.05) is 34.6 Å². The third-order valence-electron chi connectivity index (χ3n) is 7.89. The van der Waals surface area contributed by atoms with Crippen molar-refractivity contribution in [2.45, 2.75) is 37.8 Å². The SMILES string of the molecule is CN1CCC(N(C)C(=O)N2CC=C(C3Cc4c(Nc5ccc6ncsc6c5)ccnc4N3)CC2)CC1. The van der Waals surface area contributed by atoms with Crippen LogP contribution in [0.15, 0.2) is 47.6 Å². The number of pyridine rings is 1. The summed E-state index contributed by atoms with van der Waals surface area (Å²) >= 11 is 1.65. The number of likely N-dealkylation sites (tertiary alicyclic amines) is 1. The molecule has 0 aliphatic carbocycles. The second kappa shape index (κ2) is 9.71. The zero-order valence-electron chi connectivity index (χ0n) is 20.9. The fourth-order valence-electron chi connectivity index (χ4n) is 5.61. The van der Waals surface area contributed by atoms with E-state index in [2.05, 4.69) is 56.8 Å². The van der Waals surface area contributed by atoms with Crippen LogP contribution in [0.1, 0.15) is 24.8 Å². The molecule has 3 aromatic rings. The molecule has 36 heavy (non-hydrogen) atoms. The Bertz CT molecular complexity index is 1300. The molecule has 188 valence electrons. The number of anilines is 3. The molecule has 3 aliphatic rings. The van der Waals surface area contributed by atoms with Gasteiger partial charge in [0.15, 0.2) is 0 Å². The minimum Gasteiger partial charge on any atom is -0.363 e. The maximum atomic E-state index is 13.1. The molecule has 1 atom stereocenters. The van der Waals surface area contributed by atoms with E-state index in [4.69, 9.17) is 0 Å². The van der Waals surface area contributed by atoms with Crippen molar-refractivity contribution in [3.05, 3.63) is 53.2 Å². The Morgan fingerprint density at radius 2 is 2.06 bits per heavy atom. The van der Waals surface area contributed by atoms with Gasteiger partial charge >= 0.3 is 6.03 Å². The summed E-state index contributed by atoms with van der Waals surface area (Å²) in [5.74, 6) is 0.949. The predicted molar refractivity (Wildman–Crippen MR) is 146 cm³/mol. The van der Waals surface area contributed by atoms with Crippen LogP contribution in [0.2, 0.25) is 0 Å². The third kappa shape index (κ3) is 4.53. The largest absolute Gasteiger partial charge is 0.363 e. The zero-order valence-corrected chi connectivity index (χ0v) is 21.7. The van der Waals surface area contributed by atoms with Gasteiger partial charge in [0.2, 0.25) is 0 Å². The highest BCUT2D eigenvalue weighted by Crippen LogP contribution is 2.36. The van der Waals surface area contributed by atoms with Crippen LogP contribution in [0.3, 0.4) is 0 Å². The number of nitrogens with zero attached hydrogens (tertiary/aromatic N) is 5. The van der Waals surface area contributed by atoms with E-state index in [9.17, 15) is 4.79 Å². The molecule has 0 spiro atoms. The second-order valence-corrected chi connectivity index (χ2v) is 11.0. The van der Waals surface area contributed by atoms with Gasteiger partial charge in [-0.05, 0) is 69.2 Å². The number of carbonyl (C=O) groups is 1. The Morgan fingerprint density at radius 3 is 2.86 bits per heavy atom. The number of piperidine rings is 1. The van der Waals surface area contributed by atoms with Crippen LogP contribution < -0.4 is 10.6 Å². The lowest BCUT2D eigenvalue weighted by atomic mass is 9.97. The van der Waals surface area contributed by atoms with Crippen LogP contribution in [0, 0.1) is 0 Å². The normalized spacial score (nSPS) is 20.7. The molecule has 8 nitrogen and oxygen atoms in total. The van der Waals surface area contributed by atoms with Gasteiger partial charge in [-0.2, -0.15) is 0 Å². The van der Waals surface area contributed by atoms with Gasteiger partial charge in [0.1, 0.15) is 5.82 Å². The van der Waals surface area contributed by atoms with Crippen molar-refractivity contribution in [3.63, 3.8) is 0 Å². The summed E-state index contributed by atoms with van der Waals surface area (Å²) in [5, 5.41) is 7.23. The minimum atomic E-state index is 0.161. The van der Waals surface area contributed by atoms with Gasteiger partial charge in [-0.25, -0.2) is 14.8 Å². The Morgan fingerprint density at radius 1 is 1.19 bits per heavy atom. The lowest BCUT2D eigenvalue weighted by molar-refractivity contribution is 0.121. The van der Waals surface area contributed by atoms with Gasteiger partial charge in [0, 0.05) is 55.7 Å². The first-order chi connectivity index (χ1) is 17.5. The Labute approximate surface area is 216 Å². The molecule has 5 heterocycles. The average molecular weight is 504 g/mol. The summed E-state index contributed by atoms with van der Waals surface area (Å²) in [4.78, 5) is 28.4. The highest BCUT2D eigenvalue weighted by Gasteiger charge is 2.31. The van der Waals surface area contributed by atoms with Crippen LogP contribution in [-0.2, 0) is 6.42 Å². The molecule has 0 saturated carbocycles. The summed E-state index contributed by atoms with van der Waals surface area (Å²) < 4.78 is 1.18. The molecule has 1 saturated heterocycles. The van der Waals surface area contributed by atoms with Gasteiger partial charge in [0.25, 0.3) is 0 Å². The minimum absolute atomic E-state index is 0.161. The van der Waals surface area contributed by atoms with E-state index in [1.165, 1.54) is 15.8 Å². The van der Waals surface area contributed by atoms with E-state index in [-0.39, 0.29) is 12.1 Å². The number of nitrogens with one attached hydrogen (secondary N) is 2. The van der Waals surface area contributed by atoms with E-state index in [0.29, 0.717) is 12.6 Å². The molecule has 2 N–H and O–H groups in total. The molecule has 2 amide bonds. The topological polar surface area (TPSA) is 76.6 Å². The molecular formula is C27H33N7OS. The van der Waals surface area contributed by atoms with Crippen molar-refractivity contribution in [2.24, 2.45) is 0 Å². The Kier molecular flexibility index (Phi) is 6.27. The summed E-state index contributed by atoms with van der Waals surface area (Å²) in [5.41, 5.74) is 7.65. The van der Waals surface area contributed by atoms with Crippen molar-refractivity contribution < 1.29 is 4.79 Å². The zero-order chi connectivity index (χ0) is 24.6. The molecule has 9 heteroatoms.